The monoisotopic (exact) mass is 393 g/mol. The summed E-state index contributed by atoms with van der Waals surface area (Å²) in [5.74, 6) is -0.0911. The zero-order chi connectivity index (χ0) is 20.1. The first-order valence-corrected chi connectivity index (χ1v) is 10.1. The summed E-state index contributed by atoms with van der Waals surface area (Å²) < 4.78 is 8.11. The van der Waals surface area contributed by atoms with Crippen LogP contribution in [0, 0.1) is 27.7 Å². The topological polar surface area (TPSA) is 91.0 Å². The number of hydrogen-bond donors (Lipinski definition) is 1. The van der Waals surface area contributed by atoms with E-state index in [1.54, 1.807) is 21.1 Å². The number of rotatable bonds is 8. The van der Waals surface area contributed by atoms with Crippen LogP contribution in [0.5, 0.6) is 0 Å². The average molecular weight is 394 g/mol. The van der Waals surface area contributed by atoms with E-state index in [0.29, 0.717) is 6.42 Å². The average Bonchev–Trinajstić information content (AvgIpc) is 3.12. The Hall–Kier alpha value is -2.29. The van der Waals surface area contributed by atoms with Crippen molar-refractivity contribution in [2.45, 2.75) is 46.3 Å². The minimum Gasteiger partial charge on any atom is -0.467 e. The van der Waals surface area contributed by atoms with Crippen molar-refractivity contribution in [1.82, 2.24) is 24.9 Å². The number of esters is 1. The zero-order valence-corrected chi connectivity index (χ0v) is 17.5. The zero-order valence-electron chi connectivity index (χ0n) is 16.6. The predicted octanol–water partition coefficient (Wildman–Crippen LogP) is 1.77. The molecule has 0 aromatic carbocycles. The predicted molar refractivity (Wildman–Crippen MR) is 105 cm³/mol. The van der Waals surface area contributed by atoms with Crippen molar-refractivity contribution in [2.75, 3.05) is 19.1 Å². The van der Waals surface area contributed by atoms with E-state index >= 15 is 0 Å². The first-order chi connectivity index (χ1) is 12.8. The molecule has 0 fully saturated rings. The maximum atomic E-state index is 13.2. The molecule has 2 heterocycles. The van der Waals surface area contributed by atoms with Gasteiger partial charge in [-0.3, -0.25) is 4.79 Å². The molecule has 2 aromatic heterocycles. The molecule has 1 N–H and O–H groups in total. The van der Waals surface area contributed by atoms with Crippen LogP contribution in [-0.2, 0) is 14.3 Å². The first kappa shape index (κ1) is 21.0. The Morgan fingerprint density at radius 1 is 1.11 bits per heavy atom. The van der Waals surface area contributed by atoms with Gasteiger partial charge in [-0.05, 0) is 58.3 Å². The lowest BCUT2D eigenvalue weighted by Crippen LogP contribution is -2.47. The second-order valence-corrected chi connectivity index (χ2v) is 7.47. The molecule has 27 heavy (non-hydrogen) atoms. The molecule has 0 aliphatic rings. The van der Waals surface area contributed by atoms with Gasteiger partial charge in [0.05, 0.1) is 18.5 Å². The fraction of sp³-hybridized carbons (Fsp3) is 0.556. The third-order valence-electron chi connectivity index (χ3n) is 4.20. The van der Waals surface area contributed by atoms with Gasteiger partial charge < -0.3 is 10.1 Å². The highest BCUT2D eigenvalue weighted by Gasteiger charge is 2.31. The number of amides is 1. The maximum Gasteiger partial charge on any atom is 0.328 e. The van der Waals surface area contributed by atoms with E-state index in [4.69, 9.17) is 4.74 Å². The van der Waals surface area contributed by atoms with Crippen molar-refractivity contribution in [1.29, 1.82) is 0 Å². The summed E-state index contributed by atoms with van der Waals surface area (Å²) in [6.07, 6.45) is 1.61. The van der Waals surface area contributed by atoms with Gasteiger partial charge in [-0.25, -0.2) is 14.2 Å². The van der Waals surface area contributed by atoms with Gasteiger partial charge in [0.2, 0.25) is 6.17 Å². The van der Waals surface area contributed by atoms with Gasteiger partial charge in [-0.2, -0.15) is 22.0 Å². The molecule has 0 aliphatic heterocycles. The van der Waals surface area contributed by atoms with E-state index in [-0.39, 0.29) is 5.91 Å². The molecule has 1 atom stereocenters. The molecule has 0 aliphatic carbocycles. The van der Waals surface area contributed by atoms with Gasteiger partial charge in [-0.15, -0.1) is 0 Å². The van der Waals surface area contributed by atoms with E-state index in [1.807, 2.05) is 46.1 Å². The van der Waals surface area contributed by atoms with E-state index in [2.05, 4.69) is 15.5 Å². The number of thioether (sulfide) groups is 1. The number of aryl methyl sites for hydroxylation is 4. The number of ether oxygens (including phenoxy) is 1. The molecule has 2 aromatic rings. The van der Waals surface area contributed by atoms with Crippen LogP contribution in [0.1, 0.15) is 35.4 Å². The van der Waals surface area contributed by atoms with Gasteiger partial charge in [0.25, 0.3) is 5.91 Å². The Bertz CT molecular complexity index is 768. The normalized spacial score (nSPS) is 12.3. The lowest BCUT2D eigenvalue weighted by Gasteiger charge is -2.23. The van der Waals surface area contributed by atoms with Crippen molar-refractivity contribution < 1.29 is 14.3 Å². The van der Waals surface area contributed by atoms with Gasteiger partial charge >= 0.3 is 5.97 Å². The molecule has 1 amide bonds. The molecule has 1 unspecified atom stereocenters. The van der Waals surface area contributed by atoms with Crippen LogP contribution in [0.4, 0.5) is 0 Å². The molecule has 0 radical (unpaired) electrons. The number of carbonyl (C=O) groups excluding carboxylic acids is 2. The summed E-state index contributed by atoms with van der Waals surface area (Å²) in [5, 5.41) is 11.8. The number of hydrogen-bond acceptors (Lipinski definition) is 6. The highest BCUT2D eigenvalue weighted by atomic mass is 32.2. The third-order valence-corrected chi connectivity index (χ3v) is 4.84. The summed E-state index contributed by atoms with van der Waals surface area (Å²) in [6, 6.07) is 3.08. The number of methoxy groups -OCH3 is 1. The van der Waals surface area contributed by atoms with Crippen LogP contribution in [0.25, 0.3) is 0 Å². The van der Waals surface area contributed by atoms with Crippen LogP contribution in [0.3, 0.4) is 0 Å². The van der Waals surface area contributed by atoms with Crippen molar-refractivity contribution in [2.24, 2.45) is 0 Å². The lowest BCUT2D eigenvalue weighted by atomic mass is 10.2. The molecule has 0 spiro atoms. The summed E-state index contributed by atoms with van der Waals surface area (Å²) in [4.78, 5) is 25.3. The summed E-state index contributed by atoms with van der Waals surface area (Å²) >= 11 is 1.60. The van der Waals surface area contributed by atoms with Crippen molar-refractivity contribution in [3.8, 4) is 0 Å². The summed E-state index contributed by atoms with van der Waals surface area (Å²) in [6.45, 7) is 7.51. The largest absolute Gasteiger partial charge is 0.467 e. The van der Waals surface area contributed by atoms with Crippen LogP contribution >= 0.6 is 11.8 Å². The maximum absolute atomic E-state index is 13.2. The molecular formula is C18H27N5O3S. The molecule has 0 saturated heterocycles. The SMILES string of the molecule is COC(=O)C(CCSC)NC(=O)C(n1nc(C)cc1C)n1nc(C)cc1C. The lowest BCUT2D eigenvalue weighted by molar-refractivity contribution is -0.145. The second-order valence-electron chi connectivity index (χ2n) is 6.48. The van der Waals surface area contributed by atoms with Gasteiger partial charge in [0.15, 0.2) is 0 Å². The molecule has 0 saturated carbocycles. The molecule has 148 valence electrons. The Morgan fingerprint density at radius 2 is 1.63 bits per heavy atom. The van der Waals surface area contributed by atoms with E-state index in [0.717, 1.165) is 28.5 Å². The number of nitrogens with one attached hydrogen (secondary N) is 1. The van der Waals surface area contributed by atoms with E-state index in [9.17, 15) is 9.59 Å². The highest BCUT2D eigenvalue weighted by Crippen LogP contribution is 2.18. The fourth-order valence-electron chi connectivity index (χ4n) is 2.99. The molecule has 2 rings (SSSR count). The minimum absolute atomic E-state index is 0.357. The molecule has 0 bridgehead atoms. The van der Waals surface area contributed by atoms with Crippen LogP contribution in [-0.4, -0.2) is 56.6 Å². The standard InChI is InChI=1S/C18H27N5O3S/c1-11-9-13(3)22(20-11)17(23-14(4)10-12(2)21-23)16(24)19-15(7-8-27-6)18(25)26-5/h9-10,15,17H,7-8H2,1-6H3,(H,19,24). The van der Waals surface area contributed by atoms with E-state index < -0.39 is 18.2 Å². The summed E-state index contributed by atoms with van der Waals surface area (Å²) in [5.41, 5.74) is 3.27. The summed E-state index contributed by atoms with van der Waals surface area (Å²) in [7, 11) is 1.32. The van der Waals surface area contributed by atoms with E-state index in [1.165, 1.54) is 7.11 Å². The fourth-order valence-corrected chi connectivity index (χ4v) is 3.46. The van der Waals surface area contributed by atoms with Crippen LogP contribution < -0.4 is 5.32 Å². The number of aromatic nitrogens is 4. The minimum atomic E-state index is -0.825. The van der Waals surface area contributed by atoms with Crippen molar-refractivity contribution >= 4 is 23.6 Å². The number of carbonyl (C=O) groups is 2. The third kappa shape index (κ3) is 4.91. The second kappa shape index (κ2) is 9.07. The quantitative estimate of drug-likeness (QED) is 0.688. The Balaban J connectivity index is 2.40. The molecule has 9 heteroatoms. The van der Waals surface area contributed by atoms with Gasteiger partial charge in [0.1, 0.15) is 6.04 Å². The Kier molecular flexibility index (Phi) is 7.06. The Morgan fingerprint density at radius 3 is 2.00 bits per heavy atom. The van der Waals surface area contributed by atoms with Crippen molar-refractivity contribution in [3.63, 3.8) is 0 Å². The van der Waals surface area contributed by atoms with Gasteiger partial charge in [-0.1, -0.05) is 0 Å². The van der Waals surface area contributed by atoms with Crippen LogP contribution in [0.15, 0.2) is 12.1 Å². The molecule has 8 nitrogen and oxygen atoms in total. The first-order valence-electron chi connectivity index (χ1n) is 8.71. The van der Waals surface area contributed by atoms with Crippen LogP contribution in [0.2, 0.25) is 0 Å². The Labute approximate surface area is 163 Å². The smallest absolute Gasteiger partial charge is 0.328 e. The number of nitrogens with zero attached hydrogens (tertiary/aromatic N) is 4. The van der Waals surface area contributed by atoms with Crippen molar-refractivity contribution in [3.05, 3.63) is 34.9 Å². The molecular weight excluding hydrogens is 366 g/mol. The van der Waals surface area contributed by atoms with Gasteiger partial charge in [0, 0.05) is 11.4 Å². The highest BCUT2D eigenvalue weighted by molar-refractivity contribution is 7.98.